The van der Waals surface area contributed by atoms with Crippen molar-refractivity contribution in [2.45, 2.75) is 69.2 Å². The number of hydrogen-bond acceptors (Lipinski definition) is 4. The Bertz CT molecular complexity index is 1010. The molecule has 0 heterocycles. The van der Waals surface area contributed by atoms with Crippen molar-refractivity contribution < 1.29 is 76.1 Å². The van der Waals surface area contributed by atoms with E-state index in [4.69, 9.17) is 0 Å². The predicted molar refractivity (Wildman–Crippen MR) is 109 cm³/mol. The van der Waals surface area contributed by atoms with Crippen molar-refractivity contribution >= 4 is 12.1 Å². The number of benzene rings is 1. The number of rotatable bonds is 12. The number of halogens is 13. The zero-order valence-electron chi connectivity index (χ0n) is 20.6. The number of ether oxygens (including phenoxy) is 2. The second kappa shape index (κ2) is 11.9. The number of carbonyl (C=O) groups is 2. The highest BCUT2D eigenvalue weighted by Gasteiger charge is 2.91. The maximum Gasteiger partial charge on any atom is 0.460 e. The number of nitrogens with one attached hydrogen (secondary N) is 1. The Hall–Kier alpha value is -2.95. The first-order chi connectivity index (χ1) is 17.9. The minimum absolute atomic E-state index is 0.164. The SMILES string of the molecule is CC(C)COC(=O)C(NC(=O)OCc1ccccc1)C(C)C(F)(F)C(F)(F)C(F)(F)C(F)(F)C(F)(F)C(F)(F)F. The van der Waals surface area contributed by atoms with E-state index in [0.717, 1.165) is 0 Å². The van der Waals surface area contributed by atoms with E-state index in [1.54, 1.807) is 0 Å². The molecule has 0 aliphatic carbocycles. The number of carbonyl (C=O) groups excluding carboxylic acids is 2. The lowest BCUT2D eigenvalue weighted by Gasteiger charge is -2.42. The van der Waals surface area contributed by atoms with Crippen molar-refractivity contribution in [3.8, 4) is 0 Å². The van der Waals surface area contributed by atoms with Gasteiger partial charge in [-0.15, -0.1) is 0 Å². The highest BCUT2D eigenvalue weighted by molar-refractivity contribution is 5.81. The Balaban J connectivity index is 3.43. The van der Waals surface area contributed by atoms with Crippen LogP contribution in [0, 0.1) is 11.8 Å². The average Bonchev–Trinajstić information content (AvgIpc) is 2.83. The Morgan fingerprint density at radius 1 is 0.725 bits per heavy atom. The van der Waals surface area contributed by atoms with Crippen LogP contribution in [-0.4, -0.2) is 60.5 Å². The number of amides is 1. The van der Waals surface area contributed by atoms with E-state index in [1.807, 2.05) is 0 Å². The fourth-order valence-electron chi connectivity index (χ4n) is 2.90. The molecule has 1 rings (SSSR count). The average molecular weight is 611 g/mol. The summed E-state index contributed by atoms with van der Waals surface area (Å²) in [6.45, 7) is 1.37. The van der Waals surface area contributed by atoms with E-state index in [1.165, 1.54) is 49.5 Å². The first-order valence-corrected chi connectivity index (χ1v) is 11.0. The number of alkyl carbamates (subject to hydrolysis) is 1. The molecule has 0 saturated heterocycles. The standard InChI is InChI=1S/C22H22F13NO4/c1-11(2)9-39-15(37)14(36-16(38)40-10-13-7-5-4-6-8-13)12(3)17(23,24)18(25,26)19(27,28)20(29,30)21(31,32)22(33,34)35/h4-8,11-12,14H,9-10H2,1-3H3,(H,36,38). The Morgan fingerprint density at radius 2 is 1.20 bits per heavy atom. The summed E-state index contributed by atoms with van der Waals surface area (Å²) in [6.07, 6.45) is -9.37. The summed E-state index contributed by atoms with van der Waals surface area (Å²) >= 11 is 0. The topological polar surface area (TPSA) is 64.6 Å². The molecule has 0 spiro atoms. The van der Waals surface area contributed by atoms with Crippen molar-refractivity contribution in [3.05, 3.63) is 35.9 Å². The van der Waals surface area contributed by atoms with Gasteiger partial charge in [0.25, 0.3) is 0 Å². The van der Waals surface area contributed by atoms with Crippen LogP contribution in [0.2, 0.25) is 0 Å². The summed E-state index contributed by atoms with van der Waals surface area (Å²) in [7, 11) is 0. The van der Waals surface area contributed by atoms with Gasteiger partial charge in [0.15, 0.2) is 0 Å². The largest absolute Gasteiger partial charge is 0.464 e. The van der Waals surface area contributed by atoms with Crippen LogP contribution in [-0.2, 0) is 20.9 Å². The molecule has 2 unspecified atom stereocenters. The Morgan fingerprint density at radius 3 is 1.65 bits per heavy atom. The molecule has 0 aliphatic rings. The molecule has 1 amide bonds. The predicted octanol–water partition coefficient (Wildman–Crippen LogP) is 6.86. The number of alkyl halides is 13. The molecule has 0 aliphatic heterocycles. The van der Waals surface area contributed by atoms with Crippen LogP contribution < -0.4 is 5.32 Å². The van der Waals surface area contributed by atoms with Crippen molar-refractivity contribution in [2.24, 2.45) is 11.8 Å². The lowest BCUT2D eigenvalue weighted by molar-refractivity contribution is -0.443. The van der Waals surface area contributed by atoms with Crippen LogP contribution in [0.1, 0.15) is 26.3 Å². The first kappa shape index (κ1) is 35.1. The minimum Gasteiger partial charge on any atom is -0.464 e. The van der Waals surface area contributed by atoms with E-state index in [0.29, 0.717) is 0 Å². The smallest absolute Gasteiger partial charge is 0.460 e. The molecule has 1 N–H and O–H groups in total. The van der Waals surface area contributed by atoms with Crippen molar-refractivity contribution in [1.82, 2.24) is 5.32 Å². The third kappa shape index (κ3) is 6.67. The summed E-state index contributed by atoms with van der Waals surface area (Å²) in [4.78, 5) is 24.4. The lowest BCUT2D eigenvalue weighted by atomic mass is 9.84. The molecule has 1 aromatic carbocycles. The van der Waals surface area contributed by atoms with Gasteiger partial charge in [0.2, 0.25) is 0 Å². The molecular formula is C22H22F13NO4. The molecule has 0 bridgehead atoms. The van der Waals surface area contributed by atoms with Gasteiger partial charge in [0.05, 0.1) is 12.5 Å². The molecule has 0 aromatic heterocycles. The summed E-state index contributed by atoms with van der Waals surface area (Å²) < 4.78 is 185. The van der Waals surface area contributed by atoms with Gasteiger partial charge in [-0.1, -0.05) is 51.1 Å². The molecule has 230 valence electrons. The van der Waals surface area contributed by atoms with Gasteiger partial charge >= 0.3 is 47.9 Å². The van der Waals surface area contributed by atoms with Crippen LogP contribution in [0.3, 0.4) is 0 Å². The van der Waals surface area contributed by atoms with E-state index < -0.39 is 78.9 Å². The van der Waals surface area contributed by atoms with Crippen LogP contribution in [0.4, 0.5) is 61.9 Å². The zero-order valence-corrected chi connectivity index (χ0v) is 20.6. The maximum atomic E-state index is 14.7. The fourth-order valence-corrected chi connectivity index (χ4v) is 2.90. The van der Waals surface area contributed by atoms with Gasteiger partial charge in [-0.05, 0) is 11.5 Å². The van der Waals surface area contributed by atoms with Crippen LogP contribution >= 0.6 is 0 Å². The van der Waals surface area contributed by atoms with E-state index in [-0.39, 0.29) is 12.5 Å². The Labute approximate surface area is 218 Å². The van der Waals surface area contributed by atoms with E-state index >= 15 is 0 Å². The molecule has 5 nitrogen and oxygen atoms in total. The lowest BCUT2D eigenvalue weighted by Crippen LogP contribution is -2.72. The summed E-state index contributed by atoms with van der Waals surface area (Å²) in [6, 6.07) is 4.17. The van der Waals surface area contributed by atoms with Crippen molar-refractivity contribution in [2.75, 3.05) is 6.61 Å². The van der Waals surface area contributed by atoms with Crippen LogP contribution in [0.5, 0.6) is 0 Å². The minimum atomic E-state index is -8.11. The van der Waals surface area contributed by atoms with Gasteiger partial charge in [0, 0.05) is 0 Å². The van der Waals surface area contributed by atoms with Crippen LogP contribution in [0.25, 0.3) is 0 Å². The summed E-state index contributed by atoms with van der Waals surface area (Å²) in [5.74, 6) is -44.6. The van der Waals surface area contributed by atoms with Gasteiger partial charge in [-0.25, -0.2) is 9.59 Å². The molecule has 2 atom stereocenters. The van der Waals surface area contributed by atoms with Gasteiger partial charge in [0.1, 0.15) is 12.6 Å². The third-order valence-electron chi connectivity index (χ3n) is 5.33. The summed E-state index contributed by atoms with van der Waals surface area (Å²) in [5.41, 5.74) is 0.272. The van der Waals surface area contributed by atoms with Gasteiger partial charge in [-0.2, -0.15) is 57.1 Å². The van der Waals surface area contributed by atoms with Crippen molar-refractivity contribution in [3.63, 3.8) is 0 Å². The maximum absolute atomic E-state index is 14.7. The highest BCUT2D eigenvalue weighted by Crippen LogP contribution is 2.61. The fraction of sp³-hybridized carbons (Fsp3) is 0.636. The van der Waals surface area contributed by atoms with Gasteiger partial charge < -0.3 is 14.8 Å². The highest BCUT2D eigenvalue weighted by atomic mass is 19.4. The van der Waals surface area contributed by atoms with Crippen molar-refractivity contribution in [1.29, 1.82) is 0 Å². The zero-order chi connectivity index (χ0) is 31.5. The molecule has 1 aromatic rings. The quantitative estimate of drug-likeness (QED) is 0.207. The Kier molecular flexibility index (Phi) is 10.4. The van der Waals surface area contributed by atoms with Crippen LogP contribution in [0.15, 0.2) is 30.3 Å². The molecule has 18 heteroatoms. The molecule has 0 saturated carbocycles. The van der Waals surface area contributed by atoms with E-state index in [9.17, 15) is 66.7 Å². The third-order valence-corrected chi connectivity index (χ3v) is 5.33. The second-order valence-corrected chi connectivity index (χ2v) is 8.91. The number of esters is 1. The summed E-state index contributed by atoms with van der Waals surface area (Å²) in [5, 5.41) is 1.32. The molecule has 0 radical (unpaired) electrons. The van der Waals surface area contributed by atoms with Gasteiger partial charge in [-0.3, -0.25) is 0 Å². The number of hydrogen-bond donors (Lipinski definition) is 1. The molecule has 40 heavy (non-hydrogen) atoms. The normalized spacial score (nSPS) is 15.4. The second-order valence-electron chi connectivity index (χ2n) is 8.91. The molecular weight excluding hydrogens is 589 g/mol. The first-order valence-electron chi connectivity index (χ1n) is 11.0. The van der Waals surface area contributed by atoms with E-state index in [2.05, 4.69) is 9.47 Å². The molecule has 0 fully saturated rings. The monoisotopic (exact) mass is 611 g/mol.